The molecule has 0 saturated heterocycles. The maximum absolute atomic E-state index is 4.44. The normalized spacial score (nSPS) is 10.1. The van der Waals surface area contributed by atoms with Gasteiger partial charge in [-0.15, -0.1) is 0 Å². The Morgan fingerprint density at radius 2 is 0.676 bits per heavy atom. The van der Waals surface area contributed by atoms with Crippen LogP contribution in [0.5, 0.6) is 0 Å². The summed E-state index contributed by atoms with van der Waals surface area (Å²) in [5, 5.41) is 3.57. The second-order valence-electron chi connectivity index (χ2n) is 8.34. The van der Waals surface area contributed by atoms with E-state index >= 15 is 0 Å². The molecule has 3 aromatic heterocycles. The Labute approximate surface area is 260 Å². The Hall–Kier alpha value is -1.73. The number of nitrogens with zero attached hydrogens (tertiary/aromatic N) is 3. The monoisotopic (exact) mass is 787 g/mol. The Balaban J connectivity index is 0.000000152. The van der Waals surface area contributed by atoms with Crippen molar-refractivity contribution in [2.75, 3.05) is 0 Å². The van der Waals surface area contributed by atoms with Gasteiger partial charge in [-0.3, -0.25) is 0 Å². The summed E-state index contributed by atoms with van der Waals surface area (Å²) in [6.07, 6.45) is 0. The van der Waals surface area contributed by atoms with E-state index < -0.39 is 0 Å². The van der Waals surface area contributed by atoms with Crippen LogP contribution in [0.2, 0.25) is 0 Å². The van der Waals surface area contributed by atoms with Crippen molar-refractivity contribution in [3.05, 3.63) is 108 Å². The molecule has 6 aromatic rings. The fourth-order valence-corrected chi connectivity index (χ4v) is 5.18. The summed E-state index contributed by atoms with van der Waals surface area (Å²) in [7, 11) is 0. The van der Waals surface area contributed by atoms with Crippen LogP contribution in [-0.4, -0.2) is 87.4 Å². The number of benzene rings is 3. The van der Waals surface area contributed by atoms with Gasteiger partial charge in [-0.1, -0.05) is 0 Å². The number of fused-ring (bicyclic) bond motifs is 3. The Morgan fingerprint density at radius 3 is 0.946 bits per heavy atom. The molecular weight excluding hydrogens is 761 g/mol. The van der Waals surface area contributed by atoms with Crippen LogP contribution >= 0.6 is 0 Å². The van der Waals surface area contributed by atoms with Gasteiger partial charge in [0.15, 0.2) is 0 Å². The van der Waals surface area contributed by atoms with Gasteiger partial charge >= 0.3 is 262 Å². The minimum Gasteiger partial charge on any atom is 3.00 e. The smallest absolute Gasteiger partial charge is 3.00 e. The summed E-state index contributed by atoms with van der Waals surface area (Å²) < 4.78 is 3.36. The number of pyridine rings is 3. The van der Waals surface area contributed by atoms with Crippen LogP contribution in [0.15, 0.2) is 91.0 Å². The third-order valence-corrected chi connectivity index (χ3v) is 7.54. The van der Waals surface area contributed by atoms with E-state index in [9.17, 15) is 0 Å². The van der Waals surface area contributed by atoms with E-state index in [1.165, 1.54) is 16.2 Å². The summed E-state index contributed by atoms with van der Waals surface area (Å²) in [4.78, 5) is 13.3. The van der Waals surface area contributed by atoms with E-state index in [4.69, 9.17) is 0 Å². The first-order valence-corrected chi connectivity index (χ1v) is 14.0. The van der Waals surface area contributed by atoms with E-state index in [2.05, 4.69) is 99.4 Å². The van der Waals surface area contributed by atoms with Gasteiger partial charge in [-0.2, -0.15) is 0 Å². The van der Waals surface area contributed by atoms with Gasteiger partial charge < -0.3 is 0 Å². The van der Waals surface area contributed by atoms with Gasteiger partial charge in [0, 0.05) is 0 Å². The molecule has 3 heterocycles. The van der Waals surface area contributed by atoms with Crippen LogP contribution in [0, 0.1) is 20.8 Å². The maximum atomic E-state index is 4.44. The molecule has 2 radical (unpaired) electrons. The van der Waals surface area contributed by atoms with Gasteiger partial charge in [-0.25, -0.2) is 0 Å². The quantitative estimate of drug-likeness (QED) is 0.221. The van der Waals surface area contributed by atoms with E-state index in [0.717, 1.165) is 47.0 Å². The van der Waals surface area contributed by atoms with Gasteiger partial charge in [-0.05, 0) is 0 Å². The number of rotatable bonds is 0. The molecule has 182 valence electrons. The largest absolute Gasteiger partial charge is 3.00 e. The van der Waals surface area contributed by atoms with Gasteiger partial charge in [0.1, 0.15) is 0 Å². The molecule has 0 saturated carbocycles. The average molecular weight is 785 g/mol. The Kier molecular flexibility index (Phi) is 11.2. The van der Waals surface area contributed by atoms with Crippen molar-refractivity contribution < 1.29 is 0 Å². The van der Waals surface area contributed by atoms with E-state index in [-0.39, 0.29) is 24.4 Å². The molecule has 37 heavy (non-hydrogen) atoms. The van der Waals surface area contributed by atoms with Crippen LogP contribution in [0.4, 0.5) is 0 Å². The molecule has 0 N–H and O–H groups in total. The van der Waals surface area contributed by atoms with Crippen molar-refractivity contribution in [1.29, 1.82) is 0 Å². The van der Waals surface area contributed by atoms with Crippen LogP contribution < -0.4 is 13.4 Å². The van der Waals surface area contributed by atoms with Crippen molar-refractivity contribution in [2.24, 2.45) is 0 Å². The molecular formula is C30H24N3SbSe3. The average Bonchev–Trinajstić information content (AvgIpc) is 2.87. The van der Waals surface area contributed by atoms with Crippen molar-refractivity contribution in [2.45, 2.75) is 20.8 Å². The fraction of sp³-hybridized carbons (Fsp3) is 0.100. The van der Waals surface area contributed by atoms with E-state index in [1.807, 2.05) is 75.4 Å². The number of hydrogen-bond acceptors (Lipinski definition) is 3. The van der Waals surface area contributed by atoms with E-state index in [1.54, 1.807) is 0 Å². The summed E-state index contributed by atoms with van der Waals surface area (Å²) in [6, 6.07) is 30.8. The molecule has 0 atom stereocenters. The van der Waals surface area contributed by atoms with Crippen LogP contribution in [-0.2, 0) is 0 Å². The second-order valence-corrected chi connectivity index (χ2v) is 11.1. The molecule has 7 heteroatoms. The zero-order chi connectivity index (χ0) is 25.7. The molecule has 0 aliphatic carbocycles. The van der Waals surface area contributed by atoms with Crippen molar-refractivity contribution in [3.63, 3.8) is 0 Å². The predicted octanol–water partition coefficient (Wildman–Crippen LogP) is 3.63. The first-order valence-electron chi connectivity index (χ1n) is 11.4. The first kappa shape index (κ1) is 29.8. The molecule has 6 rings (SSSR count). The van der Waals surface area contributed by atoms with Crippen molar-refractivity contribution >= 4 is 119 Å². The van der Waals surface area contributed by atoms with Gasteiger partial charge in [0.2, 0.25) is 0 Å². The molecule has 0 spiro atoms. The van der Waals surface area contributed by atoms with Crippen molar-refractivity contribution in [1.82, 2.24) is 15.0 Å². The second kappa shape index (κ2) is 13.9. The molecule has 3 nitrogen and oxygen atoms in total. The molecule has 0 fully saturated rings. The molecule has 3 aromatic carbocycles. The van der Waals surface area contributed by atoms with Crippen LogP contribution in [0.3, 0.4) is 0 Å². The summed E-state index contributed by atoms with van der Waals surface area (Å²) in [5.74, 6) is 0. The van der Waals surface area contributed by atoms with Gasteiger partial charge in [0.05, 0.1) is 0 Å². The van der Waals surface area contributed by atoms with Gasteiger partial charge in [0.25, 0.3) is 0 Å². The van der Waals surface area contributed by atoms with Crippen molar-refractivity contribution in [3.8, 4) is 0 Å². The third-order valence-electron chi connectivity index (χ3n) is 5.47. The number of aromatic nitrogens is 3. The SMILES string of the molecule is Cc1ccc2cccc([Se-])c2n1.Cc1ccc2cccc([Se-])c2n1.Cc1ccc2cccc([Se-])c2n1.[Sb+3]. The number of para-hydroxylation sites is 3. The Bertz CT molecular complexity index is 1470. The maximum Gasteiger partial charge on any atom is 3.00 e. The number of hydrogen-bond donors (Lipinski definition) is 0. The minimum atomic E-state index is 0. The standard InChI is InChI=1S/3C10H9NSe.Sb/c3*1-7-5-6-8-3-2-4-9(12)10(8)11-7;/h3*2-6,12H,1H3;/q;;;+3/p-3. The molecule has 0 aliphatic rings. The molecule has 0 bridgehead atoms. The first-order chi connectivity index (χ1) is 17.3. The van der Waals surface area contributed by atoms with Crippen LogP contribution in [0.1, 0.15) is 17.1 Å². The topological polar surface area (TPSA) is 38.7 Å². The molecule has 0 aliphatic heterocycles. The zero-order valence-corrected chi connectivity index (χ0v) is 28.4. The summed E-state index contributed by atoms with van der Waals surface area (Å²) in [6.45, 7) is 6.02. The summed E-state index contributed by atoms with van der Waals surface area (Å²) in [5.41, 5.74) is 6.38. The van der Waals surface area contributed by atoms with E-state index in [0.29, 0.717) is 0 Å². The molecule has 0 amide bonds. The predicted molar refractivity (Wildman–Crippen MR) is 161 cm³/mol. The molecule has 0 unspecified atom stereocenters. The zero-order valence-electron chi connectivity index (χ0n) is 20.7. The van der Waals surface area contributed by atoms with Crippen LogP contribution in [0.25, 0.3) is 32.7 Å². The summed E-state index contributed by atoms with van der Waals surface area (Å²) >= 11 is 9.03. The number of aryl methyl sites for hydroxylation is 3. The Morgan fingerprint density at radius 1 is 0.405 bits per heavy atom. The fourth-order valence-electron chi connectivity index (χ4n) is 3.65. The minimum absolute atomic E-state index is 0. The third kappa shape index (κ3) is 7.88.